The second-order valence-corrected chi connectivity index (χ2v) is 5.05. The largest absolute Gasteiger partial charge is 0.467 e. The molecule has 0 amide bonds. The first kappa shape index (κ1) is 19.6. The predicted octanol–water partition coefficient (Wildman–Crippen LogP) is 3.45. The number of ether oxygens (including phenoxy) is 1. The van der Waals surface area contributed by atoms with E-state index >= 15 is 0 Å². The lowest BCUT2D eigenvalue weighted by atomic mass is 10.1. The smallest absolute Gasteiger partial charge is 0.334 e. The first-order valence-corrected chi connectivity index (χ1v) is 7.94. The summed E-state index contributed by atoms with van der Waals surface area (Å²) in [5, 5.41) is 9.39. The van der Waals surface area contributed by atoms with Crippen molar-refractivity contribution < 1.29 is 14.6 Å². The molecule has 0 radical (unpaired) electrons. The van der Waals surface area contributed by atoms with Gasteiger partial charge in [-0.15, -0.1) is 0 Å². The van der Waals surface area contributed by atoms with Gasteiger partial charge in [0.2, 0.25) is 0 Å². The van der Waals surface area contributed by atoms with E-state index in [4.69, 9.17) is 0 Å². The molecule has 0 aromatic carbocycles. The van der Waals surface area contributed by atoms with Crippen molar-refractivity contribution >= 4 is 5.97 Å². The third-order valence-corrected chi connectivity index (χ3v) is 3.15. The molecule has 0 aliphatic rings. The molecule has 1 N–H and O–H groups in total. The van der Waals surface area contributed by atoms with Crippen molar-refractivity contribution in [2.75, 3.05) is 7.11 Å². The zero-order chi connectivity index (χ0) is 15.8. The van der Waals surface area contributed by atoms with Crippen molar-refractivity contribution in [2.24, 2.45) is 0 Å². The molecule has 1 unspecified atom stereocenters. The first-order chi connectivity index (χ1) is 10.2. The molecule has 0 saturated heterocycles. The standard InChI is InChI=1S/C18H28O3/c1-3-4-5-6-7-8-9-10-11-12-13-14-15-16-17(19)18(20)21-2/h17,19H,3-5,10-16H2,1-2H3. The minimum Gasteiger partial charge on any atom is -0.467 e. The van der Waals surface area contributed by atoms with Gasteiger partial charge >= 0.3 is 5.97 Å². The highest BCUT2D eigenvalue weighted by Crippen LogP contribution is 2.09. The Kier molecular flexibility index (Phi) is 13.9. The van der Waals surface area contributed by atoms with Gasteiger partial charge in [-0.2, -0.15) is 0 Å². The highest BCUT2D eigenvalue weighted by molar-refractivity contribution is 5.74. The molecular formula is C18H28O3. The summed E-state index contributed by atoms with van der Waals surface area (Å²) >= 11 is 0. The predicted molar refractivity (Wildman–Crippen MR) is 85.4 cm³/mol. The van der Waals surface area contributed by atoms with Crippen LogP contribution < -0.4 is 0 Å². The van der Waals surface area contributed by atoms with Crippen molar-refractivity contribution in [1.82, 2.24) is 0 Å². The maximum Gasteiger partial charge on any atom is 0.334 e. The van der Waals surface area contributed by atoms with Crippen molar-refractivity contribution in [3.8, 4) is 23.7 Å². The number of esters is 1. The van der Waals surface area contributed by atoms with Crippen molar-refractivity contribution in [1.29, 1.82) is 0 Å². The van der Waals surface area contributed by atoms with Gasteiger partial charge in [0.05, 0.1) is 7.11 Å². The summed E-state index contributed by atoms with van der Waals surface area (Å²) in [6.07, 6.45) is 8.90. The van der Waals surface area contributed by atoms with Crippen LogP contribution in [-0.4, -0.2) is 24.3 Å². The number of hydrogen-bond donors (Lipinski definition) is 1. The molecule has 3 heteroatoms. The summed E-state index contributed by atoms with van der Waals surface area (Å²) < 4.78 is 4.46. The fraction of sp³-hybridized carbons (Fsp3) is 0.722. The lowest BCUT2D eigenvalue weighted by molar-refractivity contribution is -0.150. The number of unbranched alkanes of at least 4 members (excludes halogenated alkanes) is 7. The van der Waals surface area contributed by atoms with Crippen LogP contribution >= 0.6 is 0 Å². The molecule has 0 saturated carbocycles. The number of carbonyl (C=O) groups is 1. The maximum atomic E-state index is 11.0. The Morgan fingerprint density at radius 2 is 1.57 bits per heavy atom. The van der Waals surface area contributed by atoms with Gasteiger partial charge in [-0.1, -0.05) is 50.9 Å². The number of rotatable bonds is 10. The summed E-state index contributed by atoms with van der Waals surface area (Å²) in [6.45, 7) is 2.16. The van der Waals surface area contributed by atoms with Crippen LogP contribution in [0.1, 0.15) is 71.1 Å². The SMILES string of the molecule is CCCCC#CC#CCCCCCCCC(O)C(=O)OC. The van der Waals surface area contributed by atoms with Gasteiger partial charge in [0.15, 0.2) is 6.10 Å². The van der Waals surface area contributed by atoms with Gasteiger partial charge in [-0.3, -0.25) is 0 Å². The summed E-state index contributed by atoms with van der Waals surface area (Å²) in [5.74, 6) is 11.3. The fourth-order valence-corrected chi connectivity index (χ4v) is 1.81. The highest BCUT2D eigenvalue weighted by Gasteiger charge is 2.13. The van der Waals surface area contributed by atoms with E-state index in [0.717, 1.165) is 51.4 Å². The minimum atomic E-state index is -0.966. The third kappa shape index (κ3) is 13.3. The number of carbonyl (C=O) groups excluding carboxylic acids is 1. The van der Waals surface area contributed by atoms with Gasteiger partial charge in [0.25, 0.3) is 0 Å². The molecule has 0 aromatic rings. The Balaban J connectivity index is 3.38. The lowest BCUT2D eigenvalue weighted by Gasteiger charge is -2.07. The zero-order valence-electron chi connectivity index (χ0n) is 13.4. The first-order valence-electron chi connectivity index (χ1n) is 7.94. The van der Waals surface area contributed by atoms with Crippen LogP contribution in [0.4, 0.5) is 0 Å². The van der Waals surface area contributed by atoms with E-state index in [0.29, 0.717) is 6.42 Å². The Hall–Kier alpha value is -1.45. The minimum absolute atomic E-state index is 0.486. The van der Waals surface area contributed by atoms with E-state index in [9.17, 15) is 9.90 Å². The number of aliphatic hydroxyl groups is 1. The van der Waals surface area contributed by atoms with Crippen molar-refractivity contribution in [3.63, 3.8) is 0 Å². The van der Waals surface area contributed by atoms with Gasteiger partial charge in [-0.05, 0) is 31.1 Å². The molecule has 0 spiro atoms. The van der Waals surface area contributed by atoms with E-state index in [1.165, 1.54) is 13.5 Å². The number of aliphatic hydroxyl groups excluding tert-OH is 1. The molecular weight excluding hydrogens is 264 g/mol. The topological polar surface area (TPSA) is 46.5 Å². The molecule has 0 aliphatic heterocycles. The van der Waals surface area contributed by atoms with Crippen LogP contribution in [0.25, 0.3) is 0 Å². The Bertz CT molecular complexity index is 379. The quantitative estimate of drug-likeness (QED) is 0.381. The Morgan fingerprint density at radius 3 is 2.19 bits per heavy atom. The van der Waals surface area contributed by atoms with Gasteiger partial charge < -0.3 is 9.84 Å². The summed E-state index contributed by atoms with van der Waals surface area (Å²) in [5.41, 5.74) is 0. The van der Waals surface area contributed by atoms with Gasteiger partial charge in [0, 0.05) is 12.8 Å². The molecule has 0 fully saturated rings. The monoisotopic (exact) mass is 292 g/mol. The highest BCUT2D eigenvalue weighted by atomic mass is 16.5. The molecule has 1 atom stereocenters. The zero-order valence-corrected chi connectivity index (χ0v) is 13.4. The van der Waals surface area contributed by atoms with Crippen LogP contribution in [0.2, 0.25) is 0 Å². The Morgan fingerprint density at radius 1 is 1.00 bits per heavy atom. The van der Waals surface area contributed by atoms with Crippen LogP contribution in [0, 0.1) is 23.7 Å². The van der Waals surface area contributed by atoms with Gasteiger partial charge in [0.1, 0.15) is 0 Å². The molecule has 21 heavy (non-hydrogen) atoms. The molecule has 0 bridgehead atoms. The Labute approximate surface area is 129 Å². The normalized spacial score (nSPS) is 10.8. The van der Waals surface area contributed by atoms with Crippen LogP contribution in [0.5, 0.6) is 0 Å². The summed E-state index contributed by atoms with van der Waals surface area (Å²) in [6, 6.07) is 0. The van der Waals surface area contributed by atoms with E-state index < -0.39 is 12.1 Å². The van der Waals surface area contributed by atoms with Crippen LogP contribution in [0.15, 0.2) is 0 Å². The molecule has 0 aliphatic carbocycles. The maximum absolute atomic E-state index is 11.0. The van der Waals surface area contributed by atoms with E-state index in [-0.39, 0.29) is 0 Å². The molecule has 0 rings (SSSR count). The second kappa shape index (κ2) is 14.9. The summed E-state index contributed by atoms with van der Waals surface area (Å²) in [4.78, 5) is 11.0. The average Bonchev–Trinajstić information content (AvgIpc) is 2.50. The van der Waals surface area contributed by atoms with E-state index in [2.05, 4.69) is 35.3 Å². The molecule has 3 nitrogen and oxygen atoms in total. The molecule has 0 aromatic heterocycles. The van der Waals surface area contributed by atoms with Crippen LogP contribution in [-0.2, 0) is 9.53 Å². The summed E-state index contributed by atoms with van der Waals surface area (Å²) in [7, 11) is 1.29. The third-order valence-electron chi connectivity index (χ3n) is 3.15. The second-order valence-electron chi connectivity index (χ2n) is 5.05. The van der Waals surface area contributed by atoms with E-state index in [1.54, 1.807) is 0 Å². The lowest BCUT2D eigenvalue weighted by Crippen LogP contribution is -2.21. The fourth-order valence-electron chi connectivity index (χ4n) is 1.81. The number of methoxy groups -OCH3 is 1. The average molecular weight is 292 g/mol. The number of hydrogen-bond acceptors (Lipinski definition) is 3. The molecule has 118 valence electrons. The van der Waals surface area contributed by atoms with Gasteiger partial charge in [-0.25, -0.2) is 4.79 Å². The van der Waals surface area contributed by atoms with E-state index in [1.807, 2.05) is 0 Å². The van der Waals surface area contributed by atoms with Crippen molar-refractivity contribution in [3.05, 3.63) is 0 Å². The molecule has 0 heterocycles. The van der Waals surface area contributed by atoms with Crippen molar-refractivity contribution in [2.45, 2.75) is 77.2 Å². The van der Waals surface area contributed by atoms with Crippen LogP contribution in [0.3, 0.4) is 0 Å².